The highest BCUT2D eigenvalue weighted by Crippen LogP contribution is 2.21. The van der Waals surface area contributed by atoms with Gasteiger partial charge in [-0.05, 0) is 12.2 Å². The second-order valence-corrected chi connectivity index (χ2v) is 3.57. The molecular formula is C8H5ClN2OS. The number of carbonyl (C=O) groups excluding carboxylic acids is 1. The van der Waals surface area contributed by atoms with Gasteiger partial charge in [0.1, 0.15) is 6.29 Å². The largest absolute Gasteiger partial charge is 0.299 e. The van der Waals surface area contributed by atoms with E-state index in [0.29, 0.717) is 11.4 Å². The van der Waals surface area contributed by atoms with Gasteiger partial charge in [-0.25, -0.2) is 4.98 Å². The summed E-state index contributed by atoms with van der Waals surface area (Å²) < 4.78 is 1.84. The van der Waals surface area contributed by atoms with Gasteiger partial charge in [-0.3, -0.25) is 9.20 Å². The van der Waals surface area contributed by atoms with Gasteiger partial charge in [0.05, 0.1) is 5.69 Å². The molecule has 0 aliphatic rings. The van der Waals surface area contributed by atoms with Crippen LogP contribution >= 0.6 is 22.9 Å². The van der Waals surface area contributed by atoms with Crippen molar-refractivity contribution in [2.45, 2.75) is 0 Å². The van der Waals surface area contributed by atoms with Crippen LogP contribution in [0.4, 0.5) is 0 Å². The van der Waals surface area contributed by atoms with E-state index in [1.54, 1.807) is 6.08 Å². The fraction of sp³-hybridized carbons (Fsp3) is 0. The van der Waals surface area contributed by atoms with Crippen molar-refractivity contribution in [1.82, 2.24) is 9.38 Å². The lowest BCUT2D eigenvalue weighted by atomic mass is 10.4. The molecule has 13 heavy (non-hydrogen) atoms. The third kappa shape index (κ3) is 1.38. The Hall–Kier alpha value is -1.13. The van der Waals surface area contributed by atoms with Crippen LogP contribution in [0.15, 0.2) is 17.7 Å². The van der Waals surface area contributed by atoms with E-state index in [9.17, 15) is 4.79 Å². The third-order valence-electron chi connectivity index (χ3n) is 1.59. The Morgan fingerprint density at radius 2 is 2.46 bits per heavy atom. The zero-order valence-corrected chi connectivity index (χ0v) is 8.05. The molecule has 2 aromatic rings. The molecule has 0 saturated heterocycles. The van der Waals surface area contributed by atoms with Gasteiger partial charge in [0.25, 0.3) is 0 Å². The predicted molar refractivity (Wildman–Crippen MR) is 53.2 cm³/mol. The highest BCUT2D eigenvalue weighted by atomic mass is 35.5. The Morgan fingerprint density at radius 3 is 3.23 bits per heavy atom. The average molecular weight is 213 g/mol. The highest BCUT2D eigenvalue weighted by Gasteiger charge is 2.07. The van der Waals surface area contributed by atoms with E-state index in [4.69, 9.17) is 11.6 Å². The van der Waals surface area contributed by atoms with Crippen LogP contribution in [0.5, 0.6) is 0 Å². The summed E-state index contributed by atoms with van der Waals surface area (Å²) in [6, 6.07) is 0. The summed E-state index contributed by atoms with van der Waals surface area (Å²) in [7, 11) is 0. The third-order valence-corrected chi connectivity index (χ3v) is 2.62. The molecule has 2 heterocycles. The van der Waals surface area contributed by atoms with Crippen LogP contribution in [0.2, 0.25) is 5.15 Å². The number of aromatic nitrogens is 2. The molecule has 0 aliphatic heterocycles. The molecule has 0 bridgehead atoms. The number of halogens is 1. The van der Waals surface area contributed by atoms with Gasteiger partial charge in [-0.15, -0.1) is 11.3 Å². The van der Waals surface area contributed by atoms with Crippen LogP contribution in [0.25, 0.3) is 11.0 Å². The lowest BCUT2D eigenvalue weighted by molar-refractivity contribution is -0.104. The first-order valence-corrected chi connectivity index (χ1v) is 4.81. The highest BCUT2D eigenvalue weighted by molar-refractivity contribution is 7.15. The van der Waals surface area contributed by atoms with Crippen molar-refractivity contribution < 1.29 is 4.79 Å². The number of rotatable bonds is 2. The second kappa shape index (κ2) is 3.32. The van der Waals surface area contributed by atoms with Crippen LogP contribution in [0, 0.1) is 0 Å². The van der Waals surface area contributed by atoms with Crippen molar-refractivity contribution in [3.05, 3.63) is 28.5 Å². The number of imidazole rings is 1. The quantitative estimate of drug-likeness (QED) is 0.565. The molecule has 0 aromatic carbocycles. The maximum Gasteiger partial charge on any atom is 0.195 e. The zero-order chi connectivity index (χ0) is 9.26. The van der Waals surface area contributed by atoms with Crippen molar-refractivity contribution in [3.8, 4) is 0 Å². The average Bonchev–Trinajstić information content (AvgIpc) is 2.62. The van der Waals surface area contributed by atoms with Gasteiger partial charge in [-0.1, -0.05) is 11.6 Å². The van der Waals surface area contributed by atoms with E-state index >= 15 is 0 Å². The maximum atomic E-state index is 10.1. The maximum absolute atomic E-state index is 10.1. The topological polar surface area (TPSA) is 34.4 Å². The Balaban J connectivity index is 2.63. The fourth-order valence-corrected chi connectivity index (χ4v) is 2.06. The number of aldehydes is 1. The number of fused-ring (bicyclic) bond motifs is 1. The molecule has 0 fully saturated rings. The summed E-state index contributed by atoms with van der Waals surface area (Å²) in [6.07, 6.45) is 5.61. The molecule has 0 unspecified atom stereocenters. The lowest BCUT2D eigenvalue weighted by Crippen LogP contribution is -1.80. The first-order chi connectivity index (χ1) is 6.33. The van der Waals surface area contributed by atoms with E-state index in [-0.39, 0.29) is 0 Å². The molecule has 2 rings (SSSR count). The smallest absolute Gasteiger partial charge is 0.195 e. The molecule has 0 radical (unpaired) electrons. The van der Waals surface area contributed by atoms with Gasteiger partial charge >= 0.3 is 0 Å². The Kier molecular flexibility index (Phi) is 2.16. The number of allylic oxidation sites excluding steroid dienone is 1. The van der Waals surface area contributed by atoms with E-state index in [1.165, 1.54) is 17.4 Å². The molecule has 0 spiro atoms. The zero-order valence-electron chi connectivity index (χ0n) is 6.48. The molecule has 3 nitrogen and oxygen atoms in total. The van der Waals surface area contributed by atoms with E-state index < -0.39 is 0 Å². The van der Waals surface area contributed by atoms with Crippen molar-refractivity contribution >= 4 is 40.3 Å². The fourth-order valence-electron chi connectivity index (χ4n) is 1.06. The molecule has 5 heteroatoms. The summed E-state index contributed by atoms with van der Waals surface area (Å²) in [5.41, 5.74) is 0.741. The molecule has 0 atom stereocenters. The Bertz CT molecular complexity index is 471. The molecule has 2 aromatic heterocycles. The van der Waals surface area contributed by atoms with E-state index in [2.05, 4.69) is 4.98 Å². The normalized spacial score (nSPS) is 11.5. The molecule has 0 N–H and O–H groups in total. The first kappa shape index (κ1) is 8.47. The Labute approximate surface area is 83.3 Å². The summed E-state index contributed by atoms with van der Waals surface area (Å²) in [4.78, 5) is 15.1. The van der Waals surface area contributed by atoms with Crippen molar-refractivity contribution in [1.29, 1.82) is 0 Å². The first-order valence-electron chi connectivity index (χ1n) is 3.56. The van der Waals surface area contributed by atoms with Crippen molar-refractivity contribution in [2.24, 2.45) is 0 Å². The number of carbonyl (C=O) groups is 1. The summed E-state index contributed by atoms with van der Waals surface area (Å²) in [6.45, 7) is 0. The SMILES string of the molecule is O=CC=Cc1c(Cl)nc2sccn12. The van der Waals surface area contributed by atoms with E-state index in [1.807, 2.05) is 16.0 Å². The van der Waals surface area contributed by atoms with Crippen LogP contribution in [-0.4, -0.2) is 15.7 Å². The minimum Gasteiger partial charge on any atom is -0.299 e. The molecule has 0 amide bonds. The monoisotopic (exact) mass is 212 g/mol. The molecule has 0 aliphatic carbocycles. The van der Waals surface area contributed by atoms with Gasteiger partial charge in [0.15, 0.2) is 10.1 Å². The second-order valence-electron chi connectivity index (χ2n) is 2.34. The van der Waals surface area contributed by atoms with Crippen LogP contribution in [0.1, 0.15) is 5.69 Å². The number of hydrogen-bond acceptors (Lipinski definition) is 3. The summed E-state index contributed by atoms with van der Waals surface area (Å²) in [5, 5.41) is 2.33. The summed E-state index contributed by atoms with van der Waals surface area (Å²) >= 11 is 7.35. The summed E-state index contributed by atoms with van der Waals surface area (Å²) in [5.74, 6) is 0. The van der Waals surface area contributed by atoms with Gasteiger partial charge in [0, 0.05) is 11.6 Å². The van der Waals surface area contributed by atoms with Crippen molar-refractivity contribution in [2.75, 3.05) is 0 Å². The lowest BCUT2D eigenvalue weighted by Gasteiger charge is -1.88. The number of nitrogens with zero attached hydrogens (tertiary/aromatic N) is 2. The van der Waals surface area contributed by atoms with Crippen molar-refractivity contribution in [3.63, 3.8) is 0 Å². The standard InChI is InChI=1S/C8H5ClN2OS/c9-7-6(2-1-4-12)11-3-5-13-8(11)10-7/h1-5H. The van der Waals surface area contributed by atoms with Gasteiger partial charge in [-0.2, -0.15) is 0 Å². The predicted octanol–water partition coefficient (Wildman–Crippen LogP) is 2.26. The molecular weight excluding hydrogens is 208 g/mol. The number of hydrogen-bond donors (Lipinski definition) is 0. The molecule has 66 valence electrons. The Morgan fingerprint density at radius 1 is 1.62 bits per heavy atom. The van der Waals surface area contributed by atoms with Gasteiger partial charge in [0.2, 0.25) is 0 Å². The minimum atomic E-state index is 0.421. The van der Waals surface area contributed by atoms with Crippen LogP contribution in [-0.2, 0) is 4.79 Å². The van der Waals surface area contributed by atoms with Gasteiger partial charge < -0.3 is 0 Å². The van der Waals surface area contributed by atoms with Crippen LogP contribution in [0.3, 0.4) is 0 Å². The van der Waals surface area contributed by atoms with E-state index in [0.717, 1.165) is 10.7 Å². The molecule has 0 saturated carbocycles. The minimum absolute atomic E-state index is 0.421. The van der Waals surface area contributed by atoms with Crippen LogP contribution < -0.4 is 0 Å². The number of thiazole rings is 1.